The normalized spacial score (nSPS) is 10.7. The minimum absolute atomic E-state index is 0.231. The highest BCUT2D eigenvalue weighted by molar-refractivity contribution is 14.1. The average molecular weight is 584 g/mol. The van der Waals surface area contributed by atoms with Gasteiger partial charge in [0.15, 0.2) is 5.75 Å². The summed E-state index contributed by atoms with van der Waals surface area (Å²) < 4.78 is 18.9. The number of halogens is 3. The zero-order chi connectivity index (χ0) is 18.7. The fourth-order valence-corrected chi connectivity index (χ4v) is 4.76. The number of carbonyl (C=O) groups is 1. The zero-order valence-corrected chi connectivity index (χ0v) is 19.5. The molecule has 0 fully saturated rings. The number of benzene rings is 2. The van der Waals surface area contributed by atoms with E-state index in [4.69, 9.17) is 14.2 Å². The zero-order valence-electron chi connectivity index (χ0n) is 14.2. The van der Waals surface area contributed by atoms with Crippen molar-refractivity contribution in [3.8, 4) is 17.2 Å². The van der Waals surface area contributed by atoms with Gasteiger partial charge in [-0.1, -0.05) is 19.9 Å². The van der Waals surface area contributed by atoms with Crippen LogP contribution in [0.5, 0.6) is 17.2 Å². The number of hydrogen-bond donors (Lipinski definition) is 0. The molecule has 0 saturated heterocycles. The standard InChI is InChI=1S/C18H17Br2IO4/c1-9(2)12-13(19)17(14(20)15(21)16(12)23-3)25-11-7-5-6-10(8-11)18(22)24-4/h5-9H,1-4H3. The Morgan fingerprint density at radius 1 is 1.12 bits per heavy atom. The number of rotatable bonds is 5. The first-order valence-corrected chi connectivity index (χ1v) is 10.1. The molecule has 2 aromatic carbocycles. The Morgan fingerprint density at radius 2 is 1.80 bits per heavy atom. The summed E-state index contributed by atoms with van der Waals surface area (Å²) >= 11 is 9.46. The molecule has 0 bridgehead atoms. The van der Waals surface area contributed by atoms with Gasteiger partial charge in [0.05, 0.1) is 32.3 Å². The van der Waals surface area contributed by atoms with Crippen LogP contribution < -0.4 is 9.47 Å². The minimum Gasteiger partial charge on any atom is -0.495 e. The molecule has 134 valence electrons. The Balaban J connectivity index is 2.55. The van der Waals surface area contributed by atoms with Crippen molar-refractivity contribution in [1.29, 1.82) is 0 Å². The lowest BCUT2D eigenvalue weighted by Crippen LogP contribution is -2.03. The maximum absolute atomic E-state index is 11.7. The second-order valence-electron chi connectivity index (χ2n) is 5.49. The van der Waals surface area contributed by atoms with E-state index in [0.29, 0.717) is 17.1 Å². The first-order chi connectivity index (χ1) is 11.8. The molecule has 2 aromatic rings. The fourth-order valence-electron chi connectivity index (χ4n) is 2.36. The van der Waals surface area contributed by atoms with E-state index in [9.17, 15) is 4.79 Å². The summed E-state index contributed by atoms with van der Waals surface area (Å²) in [5, 5.41) is 0. The monoisotopic (exact) mass is 582 g/mol. The molecule has 25 heavy (non-hydrogen) atoms. The molecule has 2 rings (SSSR count). The summed E-state index contributed by atoms with van der Waals surface area (Å²) in [4.78, 5) is 11.7. The molecule has 0 N–H and O–H groups in total. The molecule has 0 heterocycles. The van der Waals surface area contributed by atoms with Gasteiger partial charge in [-0.15, -0.1) is 0 Å². The molecule has 0 atom stereocenters. The van der Waals surface area contributed by atoms with Crippen molar-refractivity contribution >= 4 is 60.4 Å². The number of methoxy groups -OCH3 is 2. The first kappa shape index (κ1) is 20.5. The van der Waals surface area contributed by atoms with Gasteiger partial charge in [-0.3, -0.25) is 0 Å². The van der Waals surface area contributed by atoms with Crippen molar-refractivity contribution in [1.82, 2.24) is 0 Å². The van der Waals surface area contributed by atoms with Crippen LogP contribution in [-0.2, 0) is 4.74 Å². The summed E-state index contributed by atoms with van der Waals surface area (Å²) in [6, 6.07) is 6.87. The maximum atomic E-state index is 11.7. The van der Waals surface area contributed by atoms with Gasteiger partial charge in [-0.05, 0) is 78.6 Å². The van der Waals surface area contributed by atoms with Crippen molar-refractivity contribution in [3.05, 3.63) is 47.9 Å². The lowest BCUT2D eigenvalue weighted by atomic mass is 10.0. The molecular formula is C18H17Br2IO4. The van der Waals surface area contributed by atoms with Gasteiger partial charge in [0.2, 0.25) is 0 Å². The molecular weight excluding hydrogens is 567 g/mol. The van der Waals surface area contributed by atoms with E-state index in [1.54, 1.807) is 31.4 Å². The van der Waals surface area contributed by atoms with E-state index >= 15 is 0 Å². The predicted molar refractivity (Wildman–Crippen MR) is 113 cm³/mol. The molecule has 0 spiro atoms. The number of ether oxygens (including phenoxy) is 3. The van der Waals surface area contributed by atoms with Crippen LogP contribution in [0.15, 0.2) is 33.2 Å². The molecule has 0 amide bonds. The van der Waals surface area contributed by atoms with E-state index in [2.05, 4.69) is 68.3 Å². The summed E-state index contributed by atoms with van der Waals surface area (Å²) in [7, 11) is 3.01. The largest absolute Gasteiger partial charge is 0.495 e. The van der Waals surface area contributed by atoms with Gasteiger partial charge in [0, 0.05) is 5.56 Å². The molecule has 4 nitrogen and oxygen atoms in total. The fraction of sp³-hybridized carbons (Fsp3) is 0.278. The molecule has 7 heteroatoms. The summed E-state index contributed by atoms with van der Waals surface area (Å²) in [5.74, 6) is 1.81. The molecule has 0 aliphatic carbocycles. The molecule has 0 radical (unpaired) electrons. The Hall–Kier alpha value is -0.800. The van der Waals surface area contributed by atoms with Gasteiger partial charge in [-0.25, -0.2) is 4.79 Å². The average Bonchev–Trinajstić information content (AvgIpc) is 2.60. The molecule has 0 unspecified atom stereocenters. The Kier molecular flexibility index (Phi) is 7.16. The third-order valence-corrected chi connectivity index (χ3v) is 6.84. The SMILES string of the molecule is COC(=O)c1cccc(Oc2c(Br)c(I)c(OC)c(C(C)C)c2Br)c1. The lowest BCUT2D eigenvalue weighted by molar-refractivity contribution is 0.0600. The second kappa shape index (κ2) is 8.73. The smallest absolute Gasteiger partial charge is 0.337 e. The van der Waals surface area contributed by atoms with Gasteiger partial charge in [-0.2, -0.15) is 0 Å². The molecule has 0 aromatic heterocycles. The van der Waals surface area contributed by atoms with Crippen LogP contribution in [0, 0.1) is 3.57 Å². The van der Waals surface area contributed by atoms with Crippen LogP contribution >= 0.6 is 54.5 Å². The quantitative estimate of drug-likeness (QED) is 0.228. The molecule has 0 saturated carbocycles. The summed E-state index contributed by atoms with van der Waals surface area (Å²) in [6.07, 6.45) is 0. The van der Waals surface area contributed by atoms with E-state index in [-0.39, 0.29) is 5.92 Å². The first-order valence-electron chi connectivity index (χ1n) is 7.42. The highest BCUT2D eigenvalue weighted by Crippen LogP contribution is 2.49. The van der Waals surface area contributed by atoms with Crippen LogP contribution in [0.4, 0.5) is 0 Å². The Morgan fingerprint density at radius 3 is 2.36 bits per heavy atom. The number of carbonyl (C=O) groups excluding carboxylic acids is 1. The summed E-state index contributed by atoms with van der Waals surface area (Å²) in [5.41, 5.74) is 1.45. The van der Waals surface area contributed by atoms with Crippen molar-refractivity contribution in [3.63, 3.8) is 0 Å². The van der Waals surface area contributed by atoms with Crippen LogP contribution in [0.2, 0.25) is 0 Å². The van der Waals surface area contributed by atoms with E-state index in [0.717, 1.165) is 23.8 Å². The Bertz CT molecular complexity index is 806. The topological polar surface area (TPSA) is 44.8 Å². The van der Waals surface area contributed by atoms with Gasteiger partial charge < -0.3 is 14.2 Å². The van der Waals surface area contributed by atoms with Gasteiger partial charge in [0.25, 0.3) is 0 Å². The summed E-state index contributed by atoms with van der Waals surface area (Å²) in [6.45, 7) is 4.18. The third kappa shape index (κ3) is 4.31. The minimum atomic E-state index is -0.407. The molecule has 0 aliphatic rings. The Labute approximate surface area is 177 Å². The van der Waals surface area contributed by atoms with Crippen LogP contribution in [0.1, 0.15) is 35.7 Å². The third-order valence-electron chi connectivity index (χ3n) is 3.53. The lowest BCUT2D eigenvalue weighted by Gasteiger charge is -2.21. The van der Waals surface area contributed by atoms with Crippen molar-refractivity contribution < 1.29 is 19.0 Å². The number of hydrogen-bond acceptors (Lipinski definition) is 4. The highest BCUT2D eigenvalue weighted by atomic mass is 127. The van der Waals surface area contributed by atoms with Gasteiger partial charge >= 0.3 is 5.97 Å². The number of esters is 1. The van der Waals surface area contributed by atoms with Crippen molar-refractivity contribution in [2.24, 2.45) is 0 Å². The predicted octanol–water partition coefficient (Wildman–Crippen LogP) is 6.53. The van der Waals surface area contributed by atoms with E-state index in [1.165, 1.54) is 7.11 Å². The second-order valence-corrected chi connectivity index (χ2v) is 8.16. The van der Waals surface area contributed by atoms with Crippen molar-refractivity contribution in [2.75, 3.05) is 14.2 Å². The van der Waals surface area contributed by atoms with Crippen LogP contribution in [0.3, 0.4) is 0 Å². The van der Waals surface area contributed by atoms with Gasteiger partial charge in [0.1, 0.15) is 11.5 Å². The van der Waals surface area contributed by atoms with E-state index in [1.807, 2.05) is 0 Å². The molecule has 0 aliphatic heterocycles. The van der Waals surface area contributed by atoms with E-state index < -0.39 is 5.97 Å². The highest BCUT2D eigenvalue weighted by Gasteiger charge is 2.24. The maximum Gasteiger partial charge on any atom is 0.337 e. The van der Waals surface area contributed by atoms with Crippen molar-refractivity contribution in [2.45, 2.75) is 19.8 Å². The van der Waals surface area contributed by atoms with Crippen LogP contribution in [0.25, 0.3) is 0 Å². The van der Waals surface area contributed by atoms with Crippen LogP contribution in [-0.4, -0.2) is 20.2 Å².